The molecule has 6 nitrogen and oxygen atoms in total. The van der Waals surface area contributed by atoms with Gasteiger partial charge in [-0.25, -0.2) is 0 Å². The standard InChI is InChI=1S/C21H25N3O3S.ClH/c1-27-17-8-4-6-15(12-17)24-20(25)14-28-19-10-3-2-9-18(19)21(26)23-13-16-7-5-11-22-16;/h2-4,6,8-10,12,16,22H,5,7,11,13-14H2,1H3,(H,23,26)(H,24,25);1H. The third-order valence-electron chi connectivity index (χ3n) is 4.52. The first-order chi connectivity index (χ1) is 13.7. The summed E-state index contributed by atoms with van der Waals surface area (Å²) in [7, 11) is 1.58. The Morgan fingerprint density at radius 1 is 1.21 bits per heavy atom. The van der Waals surface area contributed by atoms with Gasteiger partial charge < -0.3 is 20.7 Å². The van der Waals surface area contributed by atoms with Crippen LogP contribution in [-0.2, 0) is 4.79 Å². The van der Waals surface area contributed by atoms with Gasteiger partial charge in [0.15, 0.2) is 0 Å². The zero-order valence-electron chi connectivity index (χ0n) is 16.3. The van der Waals surface area contributed by atoms with E-state index in [0.29, 0.717) is 29.6 Å². The van der Waals surface area contributed by atoms with E-state index in [2.05, 4.69) is 16.0 Å². The van der Waals surface area contributed by atoms with Crippen molar-refractivity contribution in [3.05, 3.63) is 54.1 Å². The number of nitrogens with one attached hydrogen (secondary N) is 3. The van der Waals surface area contributed by atoms with Gasteiger partial charge in [-0.05, 0) is 43.7 Å². The van der Waals surface area contributed by atoms with Crippen molar-refractivity contribution in [1.82, 2.24) is 10.6 Å². The predicted octanol–water partition coefficient (Wildman–Crippen LogP) is 3.33. The minimum atomic E-state index is -0.136. The van der Waals surface area contributed by atoms with E-state index in [4.69, 9.17) is 4.74 Å². The molecule has 156 valence electrons. The van der Waals surface area contributed by atoms with E-state index in [1.54, 1.807) is 19.2 Å². The minimum Gasteiger partial charge on any atom is -0.497 e. The van der Waals surface area contributed by atoms with E-state index in [1.165, 1.54) is 11.8 Å². The Balaban J connectivity index is 0.00000300. The van der Waals surface area contributed by atoms with Crippen molar-refractivity contribution in [3.63, 3.8) is 0 Å². The molecule has 2 aromatic carbocycles. The first-order valence-electron chi connectivity index (χ1n) is 9.33. The highest BCUT2D eigenvalue weighted by atomic mass is 35.5. The smallest absolute Gasteiger partial charge is 0.252 e. The Morgan fingerprint density at radius 3 is 2.79 bits per heavy atom. The van der Waals surface area contributed by atoms with Crippen LogP contribution < -0.4 is 20.7 Å². The Bertz CT molecular complexity index is 828. The number of anilines is 1. The zero-order chi connectivity index (χ0) is 19.8. The normalized spacial score (nSPS) is 15.3. The van der Waals surface area contributed by atoms with Gasteiger partial charge in [0, 0.05) is 29.2 Å². The van der Waals surface area contributed by atoms with Crippen LogP contribution in [0.15, 0.2) is 53.4 Å². The number of thioether (sulfide) groups is 1. The molecule has 1 saturated heterocycles. The molecule has 0 spiro atoms. The van der Waals surface area contributed by atoms with Gasteiger partial charge in [0.2, 0.25) is 5.91 Å². The van der Waals surface area contributed by atoms with Gasteiger partial charge in [-0.1, -0.05) is 18.2 Å². The first-order valence-corrected chi connectivity index (χ1v) is 10.3. The maximum atomic E-state index is 12.6. The summed E-state index contributed by atoms with van der Waals surface area (Å²) in [6.07, 6.45) is 2.23. The molecule has 0 aliphatic carbocycles. The van der Waals surface area contributed by atoms with Crippen LogP contribution in [0, 0.1) is 0 Å². The van der Waals surface area contributed by atoms with Gasteiger partial charge in [-0.2, -0.15) is 0 Å². The molecule has 1 atom stereocenters. The lowest BCUT2D eigenvalue weighted by atomic mass is 10.2. The summed E-state index contributed by atoms with van der Waals surface area (Å²) in [5, 5.41) is 9.21. The number of carbonyl (C=O) groups is 2. The molecule has 3 N–H and O–H groups in total. The monoisotopic (exact) mass is 435 g/mol. The zero-order valence-corrected chi connectivity index (χ0v) is 17.9. The van der Waals surface area contributed by atoms with Crippen LogP contribution >= 0.6 is 24.2 Å². The van der Waals surface area contributed by atoms with E-state index in [-0.39, 0.29) is 30.0 Å². The van der Waals surface area contributed by atoms with Crippen molar-refractivity contribution in [2.75, 3.05) is 31.3 Å². The molecule has 0 aromatic heterocycles. The molecule has 1 aliphatic rings. The van der Waals surface area contributed by atoms with Crippen molar-refractivity contribution < 1.29 is 14.3 Å². The largest absolute Gasteiger partial charge is 0.497 e. The molecule has 2 amide bonds. The number of hydrogen-bond donors (Lipinski definition) is 3. The lowest BCUT2D eigenvalue weighted by Crippen LogP contribution is -2.37. The minimum absolute atomic E-state index is 0. The lowest BCUT2D eigenvalue weighted by molar-refractivity contribution is -0.113. The summed E-state index contributed by atoms with van der Waals surface area (Å²) in [6, 6.07) is 14.9. The lowest BCUT2D eigenvalue weighted by Gasteiger charge is -2.13. The van der Waals surface area contributed by atoms with Gasteiger partial charge in [0.25, 0.3) is 5.91 Å². The summed E-state index contributed by atoms with van der Waals surface area (Å²) in [4.78, 5) is 25.6. The maximum absolute atomic E-state index is 12.6. The van der Waals surface area contributed by atoms with Gasteiger partial charge in [0.05, 0.1) is 18.4 Å². The van der Waals surface area contributed by atoms with Gasteiger partial charge in [-0.15, -0.1) is 24.2 Å². The summed E-state index contributed by atoms with van der Waals surface area (Å²) < 4.78 is 5.16. The molecule has 1 aliphatic heterocycles. The number of carbonyl (C=O) groups excluding carboxylic acids is 2. The number of ether oxygens (including phenoxy) is 1. The molecule has 8 heteroatoms. The second kappa shape index (κ2) is 11.7. The van der Waals surface area contributed by atoms with E-state index in [0.717, 1.165) is 24.3 Å². The highest BCUT2D eigenvalue weighted by Crippen LogP contribution is 2.23. The number of amides is 2. The Kier molecular flexibility index (Phi) is 9.31. The summed E-state index contributed by atoms with van der Waals surface area (Å²) in [5.74, 6) is 0.656. The fourth-order valence-electron chi connectivity index (χ4n) is 3.06. The molecule has 1 heterocycles. The van der Waals surface area contributed by atoms with Crippen LogP contribution in [0.1, 0.15) is 23.2 Å². The van der Waals surface area contributed by atoms with E-state index in [9.17, 15) is 9.59 Å². The number of hydrogen-bond acceptors (Lipinski definition) is 5. The van der Waals surface area contributed by atoms with Crippen LogP contribution in [0.4, 0.5) is 5.69 Å². The van der Waals surface area contributed by atoms with E-state index >= 15 is 0 Å². The average Bonchev–Trinajstić information content (AvgIpc) is 3.24. The Hall–Kier alpha value is -2.22. The van der Waals surface area contributed by atoms with Gasteiger partial charge >= 0.3 is 0 Å². The second-order valence-corrected chi connectivity index (χ2v) is 7.59. The summed E-state index contributed by atoms with van der Waals surface area (Å²) in [6.45, 7) is 1.63. The number of methoxy groups -OCH3 is 1. The van der Waals surface area contributed by atoms with E-state index < -0.39 is 0 Å². The Morgan fingerprint density at radius 2 is 2.03 bits per heavy atom. The van der Waals surface area contributed by atoms with Gasteiger partial charge in [0.1, 0.15) is 5.75 Å². The van der Waals surface area contributed by atoms with Gasteiger partial charge in [-0.3, -0.25) is 9.59 Å². The van der Waals surface area contributed by atoms with E-state index in [1.807, 2.05) is 36.4 Å². The fraction of sp³-hybridized carbons (Fsp3) is 0.333. The molecule has 1 fully saturated rings. The van der Waals surface area contributed by atoms with Crippen molar-refractivity contribution in [2.24, 2.45) is 0 Å². The number of benzene rings is 2. The van der Waals surface area contributed by atoms with Crippen molar-refractivity contribution in [3.8, 4) is 5.75 Å². The Labute approximate surface area is 181 Å². The third-order valence-corrected chi connectivity index (χ3v) is 5.59. The third kappa shape index (κ3) is 6.96. The molecule has 0 bridgehead atoms. The van der Waals surface area contributed by atoms with Crippen LogP contribution in [0.5, 0.6) is 5.75 Å². The molecule has 3 rings (SSSR count). The van der Waals surface area contributed by atoms with Crippen LogP contribution in [0.2, 0.25) is 0 Å². The predicted molar refractivity (Wildman–Crippen MR) is 119 cm³/mol. The number of halogens is 1. The number of rotatable bonds is 8. The van der Waals surface area contributed by atoms with Crippen LogP contribution in [-0.4, -0.2) is 43.8 Å². The topological polar surface area (TPSA) is 79.5 Å². The SMILES string of the molecule is COc1cccc(NC(=O)CSc2ccccc2C(=O)NCC2CCCN2)c1.Cl. The highest BCUT2D eigenvalue weighted by Gasteiger charge is 2.17. The average molecular weight is 436 g/mol. The summed E-state index contributed by atoms with van der Waals surface area (Å²) >= 11 is 1.35. The molecular formula is C21H26ClN3O3S. The highest BCUT2D eigenvalue weighted by molar-refractivity contribution is 8.00. The van der Waals surface area contributed by atoms with Crippen LogP contribution in [0.25, 0.3) is 0 Å². The fourth-order valence-corrected chi connectivity index (χ4v) is 3.91. The molecule has 29 heavy (non-hydrogen) atoms. The summed E-state index contributed by atoms with van der Waals surface area (Å²) in [5.41, 5.74) is 1.28. The maximum Gasteiger partial charge on any atom is 0.252 e. The molecule has 2 aromatic rings. The first kappa shape index (κ1) is 23.1. The second-order valence-electron chi connectivity index (χ2n) is 6.57. The molecule has 1 unspecified atom stereocenters. The van der Waals surface area contributed by atoms with Crippen LogP contribution in [0.3, 0.4) is 0 Å². The molecular weight excluding hydrogens is 410 g/mol. The van der Waals surface area contributed by atoms with Crippen molar-refractivity contribution in [1.29, 1.82) is 0 Å². The molecule has 0 saturated carbocycles. The van der Waals surface area contributed by atoms with Crippen molar-refractivity contribution in [2.45, 2.75) is 23.8 Å². The quantitative estimate of drug-likeness (QED) is 0.554. The molecule has 0 radical (unpaired) electrons. The van der Waals surface area contributed by atoms with Crippen molar-refractivity contribution >= 4 is 41.7 Å².